The number of nitrogens with two attached hydrogens (primary N) is 1. The molecule has 158 valence electrons. The molecule has 30 heavy (non-hydrogen) atoms. The van der Waals surface area contributed by atoms with E-state index in [2.05, 4.69) is 4.72 Å². The summed E-state index contributed by atoms with van der Waals surface area (Å²) < 4.78 is 56.2. The van der Waals surface area contributed by atoms with Crippen LogP contribution in [-0.2, 0) is 44.5 Å². The van der Waals surface area contributed by atoms with Crippen molar-refractivity contribution in [2.75, 3.05) is 0 Å². The molecule has 0 aliphatic rings. The predicted octanol–water partition coefficient (Wildman–Crippen LogP) is 2.53. The summed E-state index contributed by atoms with van der Waals surface area (Å²) >= 11 is 0. The summed E-state index contributed by atoms with van der Waals surface area (Å²) in [6.45, 7) is 0.929. The van der Waals surface area contributed by atoms with Crippen molar-refractivity contribution in [3.63, 3.8) is 0 Å². The van der Waals surface area contributed by atoms with Crippen molar-refractivity contribution < 1.29 is 21.6 Å². The van der Waals surface area contributed by atoms with Crippen LogP contribution in [0.5, 0.6) is 0 Å². The van der Waals surface area contributed by atoms with Crippen LogP contribution in [0.3, 0.4) is 0 Å². The van der Waals surface area contributed by atoms with Crippen molar-refractivity contribution in [3.8, 4) is 0 Å². The van der Waals surface area contributed by atoms with Crippen LogP contribution in [0.25, 0.3) is 0 Å². The maximum Gasteiger partial charge on any atom is 0.240 e. The number of nitrogens with one attached hydrogen (secondary N) is 1. The van der Waals surface area contributed by atoms with Gasteiger partial charge in [-0.2, -0.15) is 0 Å². The average molecular weight is 447 g/mol. The molecule has 0 aliphatic heterocycles. The second kappa shape index (κ2) is 9.50. The normalized spacial score (nSPS) is 12.0. The fourth-order valence-corrected chi connectivity index (χ4v) is 4.47. The van der Waals surface area contributed by atoms with E-state index in [1.54, 1.807) is 6.07 Å². The summed E-state index contributed by atoms with van der Waals surface area (Å²) in [5.41, 5.74) is 2.74. The van der Waals surface area contributed by atoms with Crippen LogP contribution in [0.1, 0.15) is 16.7 Å². The molecule has 0 spiro atoms. The summed E-state index contributed by atoms with van der Waals surface area (Å²) in [6, 6.07) is 22.1. The zero-order chi connectivity index (χ0) is 21.6. The van der Waals surface area contributed by atoms with Gasteiger partial charge in [0.25, 0.3) is 0 Å². The third-order valence-electron chi connectivity index (χ3n) is 4.28. The molecule has 9 heteroatoms. The second-order valence-electron chi connectivity index (χ2n) is 6.64. The van der Waals surface area contributed by atoms with Crippen molar-refractivity contribution in [3.05, 3.63) is 95.6 Å². The van der Waals surface area contributed by atoms with Gasteiger partial charge in [-0.3, -0.25) is 0 Å². The number of hydrogen-bond donors (Lipinski definition) is 2. The van der Waals surface area contributed by atoms with Gasteiger partial charge in [0.05, 0.1) is 23.0 Å². The molecule has 0 saturated heterocycles. The van der Waals surface area contributed by atoms with Gasteiger partial charge in [-0.1, -0.05) is 60.7 Å². The standard InChI is InChI=1S/C21H22N2O5S2/c22-29(24,25)20-10-5-11-21(13-20)30(26,27)23-14-18-8-4-9-19(12-18)16-28-15-17-6-2-1-3-7-17/h1-13,23H,14-16H2,(H2,22,24,25). The number of hydrogen-bond acceptors (Lipinski definition) is 5. The lowest BCUT2D eigenvalue weighted by Gasteiger charge is -2.10. The summed E-state index contributed by atoms with van der Waals surface area (Å²) in [4.78, 5) is -0.431. The van der Waals surface area contributed by atoms with E-state index in [1.807, 2.05) is 48.5 Å². The molecular weight excluding hydrogens is 424 g/mol. The van der Waals surface area contributed by atoms with Crippen LogP contribution in [0.15, 0.2) is 88.7 Å². The molecule has 0 amide bonds. The smallest absolute Gasteiger partial charge is 0.240 e. The molecule has 0 aromatic heterocycles. The summed E-state index contributed by atoms with van der Waals surface area (Å²) in [7, 11) is -7.90. The highest BCUT2D eigenvalue weighted by molar-refractivity contribution is 7.90. The zero-order valence-electron chi connectivity index (χ0n) is 16.1. The number of benzene rings is 3. The van der Waals surface area contributed by atoms with Crippen molar-refractivity contribution in [2.45, 2.75) is 29.5 Å². The van der Waals surface area contributed by atoms with Gasteiger partial charge < -0.3 is 4.74 Å². The first-order valence-electron chi connectivity index (χ1n) is 9.06. The average Bonchev–Trinajstić information content (AvgIpc) is 2.73. The van der Waals surface area contributed by atoms with Gasteiger partial charge in [-0.15, -0.1) is 0 Å². The maximum atomic E-state index is 12.5. The highest BCUT2D eigenvalue weighted by Crippen LogP contribution is 2.15. The lowest BCUT2D eigenvalue weighted by molar-refractivity contribution is 0.107. The number of rotatable bonds is 9. The SMILES string of the molecule is NS(=O)(=O)c1cccc(S(=O)(=O)NCc2cccc(COCc3ccccc3)c2)c1. The number of primary sulfonamides is 1. The van der Waals surface area contributed by atoms with Gasteiger partial charge in [-0.25, -0.2) is 26.7 Å². The molecule has 0 unspecified atom stereocenters. The molecule has 3 rings (SSSR count). The third kappa shape index (κ3) is 6.22. The van der Waals surface area contributed by atoms with Crippen molar-refractivity contribution in [1.29, 1.82) is 0 Å². The Hall–Kier alpha value is -2.56. The van der Waals surface area contributed by atoms with Gasteiger partial charge in [0.2, 0.25) is 20.0 Å². The quantitative estimate of drug-likeness (QED) is 0.524. The first kappa shape index (κ1) is 22.1. The van der Waals surface area contributed by atoms with Crippen LogP contribution in [0.4, 0.5) is 0 Å². The Bertz CT molecular complexity index is 1210. The molecule has 0 heterocycles. The fourth-order valence-electron chi connectivity index (χ4n) is 2.77. The van der Waals surface area contributed by atoms with E-state index < -0.39 is 20.0 Å². The summed E-state index contributed by atoms with van der Waals surface area (Å²) in [5.74, 6) is 0. The zero-order valence-corrected chi connectivity index (χ0v) is 17.7. The molecular formula is C21H22N2O5S2. The molecule has 0 atom stereocenters. The van der Waals surface area contributed by atoms with E-state index in [0.29, 0.717) is 13.2 Å². The first-order valence-corrected chi connectivity index (χ1v) is 12.1. The van der Waals surface area contributed by atoms with Gasteiger partial charge >= 0.3 is 0 Å². The monoisotopic (exact) mass is 446 g/mol. The van der Waals surface area contributed by atoms with E-state index in [1.165, 1.54) is 18.2 Å². The highest BCUT2D eigenvalue weighted by atomic mass is 32.2. The Balaban J connectivity index is 1.62. The molecule has 0 aliphatic carbocycles. The maximum absolute atomic E-state index is 12.5. The summed E-state index contributed by atoms with van der Waals surface area (Å²) in [6.07, 6.45) is 0. The van der Waals surface area contributed by atoms with Crippen LogP contribution < -0.4 is 9.86 Å². The molecule has 3 N–H and O–H groups in total. The minimum absolute atomic E-state index is 0.0501. The topological polar surface area (TPSA) is 116 Å². The molecule has 3 aromatic carbocycles. The summed E-state index contributed by atoms with van der Waals surface area (Å²) in [5, 5.41) is 5.07. The molecule has 7 nitrogen and oxygen atoms in total. The van der Waals surface area contributed by atoms with Crippen molar-refractivity contribution >= 4 is 20.0 Å². The van der Waals surface area contributed by atoms with E-state index in [9.17, 15) is 16.8 Å². The van der Waals surface area contributed by atoms with Crippen LogP contribution in [-0.4, -0.2) is 16.8 Å². The van der Waals surface area contributed by atoms with Crippen molar-refractivity contribution in [2.24, 2.45) is 5.14 Å². The van der Waals surface area contributed by atoms with Gasteiger partial charge in [0, 0.05) is 6.54 Å². The fraction of sp³-hybridized carbons (Fsp3) is 0.143. The van der Waals surface area contributed by atoms with Gasteiger partial charge in [0.15, 0.2) is 0 Å². The van der Waals surface area contributed by atoms with Gasteiger partial charge in [-0.05, 0) is 34.9 Å². The van der Waals surface area contributed by atoms with E-state index in [4.69, 9.17) is 9.88 Å². The molecule has 0 radical (unpaired) electrons. The number of sulfonamides is 2. The van der Waals surface area contributed by atoms with Crippen LogP contribution in [0.2, 0.25) is 0 Å². The molecule has 0 saturated carbocycles. The predicted molar refractivity (Wildman–Crippen MR) is 113 cm³/mol. The Kier molecular flexibility index (Phi) is 7.01. The van der Waals surface area contributed by atoms with Crippen LogP contribution in [0, 0.1) is 0 Å². The lowest BCUT2D eigenvalue weighted by Crippen LogP contribution is -2.24. The minimum atomic E-state index is -3.99. The Labute approximate surface area is 176 Å². The van der Waals surface area contributed by atoms with E-state index in [-0.39, 0.29) is 16.3 Å². The molecule has 0 fully saturated rings. The van der Waals surface area contributed by atoms with Crippen LogP contribution >= 0.6 is 0 Å². The van der Waals surface area contributed by atoms with Crippen molar-refractivity contribution in [1.82, 2.24) is 4.72 Å². The Morgan fingerprint density at radius 3 is 2.03 bits per heavy atom. The largest absolute Gasteiger partial charge is 0.372 e. The third-order valence-corrected chi connectivity index (χ3v) is 6.59. The Morgan fingerprint density at radius 1 is 0.700 bits per heavy atom. The second-order valence-corrected chi connectivity index (χ2v) is 9.97. The van der Waals surface area contributed by atoms with Gasteiger partial charge in [0.1, 0.15) is 0 Å². The van der Waals surface area contributed by atoms with E-state index >= 15 is 0 Å². The highest BCUT2D eigenvalue weighted by Gasteiger charge is 2.17. The Morgan fingerprint density at radius 2 is 1.30 bits per heavy atom. The molecule has 0 bridgehead atoms. The minimum Gasteiger partial charge on any atom is -0.372 e. The molecule has 3 aromatic rings. The lowest BCUT2D eigenvalue weighted by atomic mass is 10.1. The number of ether oxygens (including phenoxy) is 1. The van der Waals surface area contributed by atoms with E-state index in [0.717, 1.165) is 22.8 Å². The first-order chi connectivity index (χ1) is 14.2.